The van der Waals surface area contributed by atoms with Crippen LogP contribution < -0.4 is 9.47 Å². The third-order valence-electron chi connectivity index (χ3n) is 3.92. The Morgan fingerprint density at radius 2 is 1.88 bits per heavy atom. The Hall–Kier alpha value is -2.54. The van der Waals surface area contributed by atoms with Gasteiger partial charge in [-0.3, -0.25) is 9.59 Å². The van der Waals surface area contributed by atoms with Gasteiger partial charge in [-0.25, -0.2) is 0 Å². The van der Waals surface area contributed by atoms with E-state index in [1.54, 1.807) is 25.1 Å². The van der Waals surface area contributed by atoms with Gasteiger partial charge in [0, 0.05) is 14.1 Å². The quantitative estimate of drug-likeness (QED) is 0.820. The number of amides is 2. The maximum absolute atomic E-state index is 12.4. The molecule has 2 amide bonds. The molecule has 3 rings (SSSR count). The van der Waals surface area contributed by atoms with Crippen LogP contribution in [-0.4, -0.2) is 61.5 Å². The number of carbonyl (C=O) groups is 2. The molecule has 7 heteroatoms. The van der Waals surface area contributed by atoms with E-state index in [2.05, 4.69) is 0 Å². The van der Waals surface area contributed by atoms with E-state index in [0.29, 0.717) is 29.5 Å². The van der Waals surface area contributed by atoms with Crippen LogP contribution in [0.1, 0.15) is 9.67 Å². The van der Waals surface area contributed by atoms with Crippen molar-refractivity contribution in [1.29, 1.82) is 0 Å². The van der Waals surface area contributed by atoms with E-state index in [1.807, 2.05) is 35.7 Å². The molecule has 2 aromatic rings. The van der Waals surface area contributed by atoms with Crippen molar-refractivity contribution in [2.75, 3.05) is 33.8 Å². The van der Waals surface area contributed by atoms with Crippen molar-refractivity contribution in [2.45, 2.75) is 6.10 Å². The lowest BCUT2D eigenvalue weighted by Crippen LogP contribution is -2.45. The third-order valence-corrected chi connectivity index (χ3v) is 4.78. The van der Waals surface area contributed by atoms with Gasteiger partial charge in [0.2, 0.25) is 5.91 Å². The predicted molar refractivity (Wildman–Crippen MR) is 95.3 cm³/mol. The summed E-state index contributed by atoms with van der Waals surface area (Å²) in [5, 5.41) is 1.84. The molecule has 25 heavy (non-hydrogen) atoms. The third kappa shape index (κ3) is 4.11. The van der Waals surface area contributed by atoms with Crippen molar-refractivity contribution in [2.24, 2.45) is 0 Å². The van der Waals surface area contributed by atoms with Gasteiger partial charge < -0.3 is 19.3 Å². The molecule has 132 valence electrons. The van der Waals surface area contributed by atoms with E-state index in [4.69, 9.17) is 9.47 Å². The molecular formula is C18H20N2O4S. The molecule has 0 aliphatic carbocycles. The molecule has 6 nitrogen and oxygen atoms in total. The van der Waals surface area contributed by atoms with Gasteiger partial charge in [0.25, 0.3) is 5.91 Å². The Bertz CT molecular complexity index is 747. The summed E-state index contributed by atoms with van der Waals surface area (Å²) in [5.41, 5.74) is 0. The second-order valence-electron chi connectivity index (χ2n) is 5.91. The first-order valence-electron chi connectivity index (χ1n) is 7.96. The van der Waals surface area contributed by atoms with Crippen LogP contribution in [-0.2, 0) is 4.79 Å². The van der Waals surface area contributed by atoms with Gasteiger partial charge in [-0.05, 0) is 23.6 Å². The standard InChI is InChI=1S/C18H20N2O4S/c1-19(10-13-12-23-14-6-3-4-7-15(14)24-13)17(21)11-20(2)18(22)16-8-5-9-25-16/h3-9,13H,10-12H2,1-2H3. The number of fused-ring (bicyclic) bond motifs is 1. The smallest absolute Gasteiger partial charge is 0.264 e. The highest BCUT2D eigenvalue weighted by Gasteiger charge is 2.25. The SMILES string of the molecule is CN(CC1COc2ccccc2O1)C(=O)CN(C)C(=O)c1cccs1. The number of nitrogens with zero attached hydrogens (tertiary/aromatic N) is 2. The monoisotopic (exact) mass is 360 g/mol. The molecule has 1 unspecified atom stereocenters. The van der Waals surface area contributed by atoms with Crippen LogP contribution in [0.15, 0.2) is 41.8 Å². The van der Waals surface area contributed by atoms with Crippen LogP contribution in [0.4, 0.5) is 0 Å². The largest absolute Gasteiger partial charge is 0.486 e. The molecule has 0 spiro atoms. The lowest BCUT2D eigenvalue weighted by Gasteiger charge is -2.30. The van der Waals surface area contributed by atoms with E-state index < -0.39 is 0 Å². The van der Waals surface area contributed by atoms with Crippen LogP contribution >= 0.6 is 11.3 Å². The summed E-state index contributed by atoms with van der Waals surface area (Å²) in [6.45, 7) is 0.810. The van der Waals surface area contributed by atoms with Gasteiger partial charge in [0.1, 0.15) is 6.61 Å². The number of para-hydroxylation sites is 2. The van der Waals surface area contributed by atoms with Crippen molar-refractivity contribution in [3.05, 3.63) is 46.7 Å². The second kappa shape index (κ2) is 7.57. The van der Waals surface area contributed by atoms with Crippen molar-refractivity contribution in [1.82, 2.24) is 9.80 Å². The number of thiophene rings is 1. The minimum atomic E-state index is -0.234. The molecule has 0 N–H and O–H groups in total. The van der Waals surface area contributed by atoms with Crippen molar-refractivity contribution in [3.63, 3.8) is 0 Å². The highest BCUT2D eigenvalue weighted by atomic mass is 32.1. The van der Waals surface area contributed by atoms with E-state index in [9.17, 15) is 9.59 Å². The Morgan fingerprint density at radius 1 is 1.12 bits per heavy atom. The molecule has 1 atom stereocenters. The van der Waals surface area contributed by atoms with Crippen molar-refractivity contribution in [3.8, 4) is 11.5 Å². The predicted octanol–water partition coefficient (Wildman–Crippen LogP) is 2.12. The van der Waals surface area contributed by atoms with Gasteiger partial charge in [-0.1, -0.05) is 18.2 Å². The summed E-state index contributed by atoms with van der Waals surface area (Å²) in [6, 6.07) is 11.0. The molecule has 0 saturated heterocycles. The zero-order valence-corrected chi connectivity index (χ0v) is 15.0. The highest BCUT2D eigenvalue weighted by Crippen LogP contribution is 2.30. The number of hydrogen-bond donors (Lipinski definition) is 0. The van der Waals surface area contributed by atoms with Gasteiger partial charge in [0.15, 0.2) is 17.6 Å². The Morgan fingerprint density at radius 3 is 2.60 bits per heavy atom. The maximum Gasteiger partial charge on any atom is 0.264 e. The molecular weight excluding hydrogens is 340 g/mol. The summed E-state index contributed by atoms with van der Waals surface area (Å²) in [7, 11) is 3.33. The Balaban J connectivity index is 1.52. The fraction of sp³-hybridized carbons (Fsp3) is 0.333. The topological polar surface area (TPSA) is 59.1 Å². The van der Waals surface area contributed by atoms with Crippen molar-refractivity contribution >= 4 is 23.2 Å². The molecule has 1 aromatic carbocycles. The molecule has 1 aliphatic rings. The van der Waals surface area contributed by atoms with Gasteiger partial charge in [0.05, 0.1) is 18.0 Å². The number of likely N-dealkylation sites (N-methyl/N-ethyl adjacent to an activating group) is 2. The maximum atomic E-state index is 12.4. The van der Waals surface area contributed by atoms with E-state index >= 15 is 0 Å². The molecule has 0 bridgehead atoms. The van der Waals surface area contributed by atoms with Gasteiger partial charge >= 0.3 is 0 Å². The first kappa shape index (κ1) is 17.3. The molecule has 2 heterocycles. The van der Waals surface area contributed by atoms with Crippen LogP contribution in [0.3, 0.4) is 0 Å². The van der Waals surface area contributed by atoms with E-state index in [-0.39, 0.29) is 24.5 Å². The van der Waals surface area contributed by atoms with E-state index in [1.165, 1.54) is 16.2 Å². The van der Waals surface area contributed by atoms with Crippen LogP contribution in [0.5, 0.6) is 11.5 Å². The summed E-state index contributed by atoms with van der Waals surface area (Å²) in [5.74, 6) is 1.11. The summed E-state index contributed by atoms with van der Waals surface area (Å²) >= 11 is 1.36. The van der Waals surface area contributed by atoms with Crippen LogP contribution in [0, 0.1) is 0 Å². The zero-order chi connectivity index (χ0) is 17.8. The lowest BCUT2D eigenvalue weighted by atomic mass is 10.2. The molecule has 0 fully saturated rings. The molecule has 0 saturated carbocycles. The fourth-order valence-corrected chi connectivity index (χ4v) is 3.26. The molecule has 1 aliphatic heterocycles. The van der Waals surface area contributed by atoms with E-state index in [0.717, 1.165) is 0 Å². The average Bonchev–Trinajstić information content (AvgIpc) is 3.15. The van der Waals surface area contributed by atoms with Crippen LogP contribution in [0.2, 0.25) is 0 Å². The molecule has 1 aromatic heterocycles. The summed E-state index contributed by atoms with van der Waals surface area (Å²) in [6.07, 6.45) is -0.234. The highest BCUT2D eigenvalue weighted by molar-refractivity contribution is 7.12. The number of carbonyl (C=O) groups excluding carboxylic acids is 2. The minimum absolute atomic E-state index is 0.0252. The second-order valence-corrected chi connectivity index (χ2v) is 6.86. The lowest BCUT2D eigenvalue weighted by molar-refractivity contribution is -0.131. The Labute approximate surface area is 150 Å². The summed E-state index contributed by atoms with van der Waals surface area (Å²) < 4.78 is 11.5. The number of hydrogen-bond acceptors (Lipinski definition) is 5. The zero-order valence-electron chi connectivity index (χ0n) is 14.2. The van der Waals surface area contributed by atoms with Crippen LogP contribution in [0.25, 0.3) is 0 Å². The van der Waals surface area contributed by atoms with Gasteiger partial charge in [-0.15, -0.1) is 11.3 Å². The fourth-order valence-electron chi connectivity index (χ4n) is 2.54. The van der Waals surface area contributed by atoms with Gasteiger partial charge in [-0.2, -0.15) is 0 Å². The first-order chi connectivity index (χ1) is 12.0. The Kier molecular flexibility index (Phi) is 5.23. The first-order valence-corrected chi connectivity index (χ1v) is 8.84. The van der Waals surface area contributed by atoms with Crippen molar-refractivity contribution < 1.29 is 19.1 Å². The number of rotatable bonds is 5. The molecule has 0 radical (unpaired) electrons. The number of benzene rings is 1. The average molecular weight is 360 g/mol. The normalized spacial score (nSPS) is 15.5. The number of ether oxygens (including phenoxy) is 2. The minimum Gasteiger partial charge on any atom is -0.486 e. The summed E-state index contributed by atoms with van der Waals surface area (Å²) in [4.78, 5) is 28.2.